The molecule has 0 radical (unpaired) electrons. The molecule has 0 bridgehead atoms. The summed E-state index contributed by atoms with van der Waals surface area (Å²) in [5, 5.41) is 0. The van der Waals surface area contributed by atoms with E-state index in [0.717, 1.165) is 0 Å². The van der Waals surface area contributed by atoms with E-state index in [9.17, 15) is 13.2 Å². The van der Waals surface area contributed by atoms with Crippen LogP contribution in [0.1, 0.15) is 20.8 Å². The molecule has 1 unspecified atom stereocenters. The van der Waals surface area contributed by atoms with E-state index in [0.29, 0.717) is 13.2 Å². The summed E-state index contributed by atoms with van der Waals surface area (Å²) in [6.45, 7) is 5.84. The largest absolute Gasteiger partial charge is 0.406 e. The summed E-state index contributed by atoms with van der Waals surface area (Å²) in [5.41, 5.74) is -0.468. The Labute approximate surface area is 82.0 Å². The highest BCUT2D eigenvalue weighted by atomic mass is 19.4. The molecule has 1 rings (SSSR count). The molecular formula is C9H16F3NO. The highest BCUT2D eigenvalue weighted by molar-refractivity contribution is 4.89. The van der Waals surface area contributed by atoms with Gasteiger partial charge in [0, 0.05) is 12.1 Å². The molecule has 0 aliphatic carbocycles. The number of halogens is 3. The van der Waals surface area contributed by atoms with Crippen LogP contribution in [-0.4, -0.2) is 42.4 Å². The molecule has 0 aromatic carbocycles. The second kappa shape index (κ2) is 3.70. The zero-order valence-corrected chi connectivity index (χ0v) is 8.69. The molecule has 0 N–H and O–H groups in total. The molecule has 1 aliphatic heterocycles. The third kappa shape index (κ3) is 2.60. The Hall–Kier alpha value is -0.290. The zero-order valence-electron chi connectivity index (χ0n) is 8.69. The number of morpholine rings is 1. The topological polar surface area (TPSA) is 12.5 Å². The number of hydrogen-bond donors (Lipinski definition) is 0. The Morgan fingerprint density at radius 3 is 2.14 bits per heavy atom. The third-order valence-corrected chi connectivity index (χ3v) is 2.37. The normalized spacial score (nSPS) is 26.6. The third-order valence-electron chi connectivity index (χ3n) is 2.37. The Bertz CT molecular complexity index is 175. The minimum atomic E-state index is -4.20. The zero-order chi connectivity index (χ0) is 11.0. The predicted molar refractivity (Wildman–Crippen MR) is 47.1 cm³/mol. The summed E-state index contributed by atoms with van der Waals surface area (Å²) >= 11 is 0. The van der Waals surface area contributed by atoms with Crippen molar-refractivity contribution in [3.63, 3.8) is 0 Å². The molecule has 1 atom stereocenters. The van der Waals surface area contributed by atoms with Gasteiger partial charge >= 0.3 is 6.18 Å². The van der Waals surface area contributed by atoms with Crippen LogP contribution >= 0.6 is 0 Å². The van der Waals surface area contributed by atoms with Gasteiger partial charge in [-0.2, -0.15) is 13.2 Å². The second-order valence-electron chi connectivity index (χ2n) is 4.50. The Kier molecular flexibility index (Phi) is 3.11. The summed E-state index contributed by atoms with van der Waals surface area (Å²) < 4.78 is 42.7. The summed E-state index contributed by atoms with van der Waals surface area (Å²) in [6, 6.07) is -1.46. The summed E-state index contributed by atoms with van der Waals surface area (Å²) in [4.78, 5) is 1.45. The van der Waals surface area contributed by atoms with Gasteiger partial charge in [0.15, 0.2) is 0 Å². The lowest BCUT2D eigenvalue weighted by Crippen LogP contribution is -2.59. The molecule has 1 saturated heterocycles. The minimum Gasteiger partial charge on any atom is -0.378 e. The maximum atomic E-state index is 12.6. The van der Waals surface area contributed by atoms with Crippen LogP contribution in [0, 0.1) is 0 Å². The van der Waals surface area contributed by atoms with Gasteiger partial charge in [0.1, 0.15) is 6.04 Å². The molecule has 0 spiro atoms. The summed E-state index contributed by atoms with van der Waals surface area (Å²) in [5.74, 6) is 0. The van der Waals surface area contributed by atoms with Crippen LogP contribution in [0.15, 0.2) is 0 Å². The van der Waals surface area contributed by atoms with Gasteiger partial charge in [0.2, 0.25) is 0 Å². The van der Waals surface area contributed by atoms with Crippen molar-refractivity contribution in [1.82, 2.24) is 4.90 Å². The molecule has 0 aromatic rings. The smallest absolute Gasteiger partial charge is 0.378 e. The van der Waals surface area contributed by atoms with Crippen LogP contribution in [0.3, 0.4) is 0 Å². The van der Waals surface area contributed by atoms with Gasteiger partial charge in [-0.25, -0.2) is 0 Å². The van der Waals surface area contributed by atoms with Crippen molar-refractivity contribution >= 4 is 0 Å². The lowest BCUT2D eigenvalue weighted by molar-refractivity contribution is -0.225. The SMILES string of the molecule is CC(C)(C)N1CCOCC1C(F)(F)F. The molecule has 1 aliphatic rings. The molecule has 5 heteroatoms. The number of nitrogens with zero attached hydrogens (tertiary/aromatic N) is 1. The van der Waals surface area contributed by atoms with Gasteiger partial charge < -0.3 is 4.74 Å². The second-order valence-corrected chi connectivity index (χ2v) is 4.50. The monoisotopic (exact) mass is 211 g/mol. The maximum Gasteiger partial charge on any atom is 0.406 e. The van der Waals surface area contributed by atoms with Gasteiger partial charge in [0.25, 0.3) is 0 Å². The highest BCUT2D eigenvalue weighted by Crippen LogP contribution is 2.31. The molecule has 0 saturated carbocycles. The van der Waals surface area contributed by atoms with Crippen molar-refractivity contribution in [2.45, 2.75) is 38.5 Å². The van der Waals surface area contributed by atoms with Crippen LogP contribution in [-0.2, 0) is 4.74 Å². The lowest BCUT2D eigenvalue weighted by atomic mass is 10.0. The predicted octanol–water partition coefficient (Wildman–Crippen LogP) is 2.05. The molecule has 14 heavy (non-hydrogen) atoms. The fourth-order valence-electron chi connectivity index (χ4n) is 1.68. The van der Waals surface area contributed by atoms with E-state index in [1.54, 1.807) is 20.8 Å². The van der Waals surface area contributed by atoms with Gasteiger partial charge in [-0.3, -0.25) is 4.90 Å². The van der Waals surface area contributed by atoms with Crippen LogP contribution in [0.25, 0.3) is 0 Å². The van der Waals surface area contributed by atoms with E-state index >= 15 is 0 Å². The van der Waals surface area contributed by atoms with Crippen molar-refractivity contribution in [3.8, 4) is 0 Å². The molecule has 0 aromatic heterocycles. The number of hydrogen-bond acceptors (Lipinski definition) is 2. The summed E-state index contributed by atoms with van der Waals surface area (Å²) in [6.07, 6.45) is -4.20. The first-order valence-electron chi connectivity index (χ1n) is 4.64. The molecular weight excluding hydrogens is 195 g/mol. The van der Waals surface area contributed by atoms with E-state index in [1.807, 2.05) is 0 Å². The number of rotatable bonds is 0. The van der Waals surface area contributed by atoms with E-state index in [1.165, 1.54) is 4.90 Å². The van der Waals surface area contributed by atoms with Gasteiger partial charge in [-0.05, 0) is 20.8 Å². The van der Waals surface area contributed by atoms with Gasteiger partial charge in [-0.15, -0.1) is 0 Å². The Balaban J connectivity index is 2.80. The first kappa shape index (κ1) is 11.8. The van der Waals surface area contributed by atoms with Crippen LogP contribution < -0.4 is 0 Å². The standard InChI is InChI=1S/C9H16F3NO/c1-8(2,3)13-4-5-14-6-7(13)9(10,11)12/h7H,4-6H2,1-3H3. The first-order valence-corrected chi connectivity index (χ1v) is 4.64. The van der Waals surface area contributed by atoms with Crippen molar-refractivity contribution in [3.05, 3.63) is 0 Å². The van der Waals surface area contributed by atoms with Crippen molar-refractivity contribution < 1.29 is 17.9 Å². The van der Waals surface area contributed by atoms with Crippen LogP contribution in [0.2, 0.25) is 0 Å². The first-order chi connectivity index (χ1) is 6.23. The van der Waals surface area contributed by atoms with E-state index in [-0.39, 0.29) is 6.61 Å². The molecule has 0 amide bonds. The Morgan fingerprint density at radius 2 is 1.79 bits per heavy atom. The maximum absolute atomic E-state index is 12.6. The molecule has 1 heterocycles. The van der Waals surface area contributed by atoms with E-state index in [4.69, 9.17) is 4.74 Å². The van der Waals surface area contributed by atoms with E-state index < -0.39 is 17.8 Å². The van der Waals surface area contributed by atoms with Crippen LogP contribution in [0.4, 0.5) is 13.2 Å². The van der Waals surface area contributed by atoms with Crippen LogP contribution in [0.5, 0.6) is 0 Å². The molecule has 1 fully saturated rings. The number of ether oxygens (including phenoxy) is 1. The minimum absolute atomic E-state index is 0.249. The van der Waals surface area contributed by atoms with Crippen molar-refractivity contribution in [2.24, 2.45) is 0 Å². The lowest BCUT2D eigenvalue weighted by Gasteiger charge is -2.44. The fourth-order valence-corrected chi connectivity index (χ4v) is 1.68. The Morgan fingerprint density at radius 1 is 1.21 bits per heavy atom. The van der Waals surface area contributed by atoms with Gasteiger partial charge in [-0.1, -0.05) is 0 Å². The molecule has 84 valence electrons. The van der Waals surface area contributed by atoms with Gasteiger partial charge in [0.05, 0.1) is 13.2 Å². The average molecular weight is 211 g/mol. The highest BCUT2D eigenvalue weighted by Gasteiger charge is 2.48. The average Bonchev–Trinajstić information content (AvgIpc) is 2.01. The van der Waals surface area contributed by atoms with Crippen molar-refractivity contribution in [2.75, 3.05) is 19.8 Å². The molecule has 2 nitrogen and oxygen atoms in total. The quantitative estimate of drug-likeness (QED) is 0.608. The van der Waals surface area contributed by atoms with E-state index in [2.05, 4.69) is 0 Å². The fraction of sp³-hybridized carbons (Fsp3) is 1.00. The number of alkyl halides is 3. The van der Waals surface area contributed by atoms with Crippen molar-refractivity contribution in [1.29, 1.82) is 0 Å². The summed E-state index contributed by atoms with van der Waals surface area (Å²) in [7, 11) is 0.